The molecule has 0 atom stereocenters. The maximum absolute atomic E-state index is 6.47. The third kappa shape index (κ3) is 5.34. The van der Waals surface area contributed by atoms with Gasteiger partial charge >= 0.3 is 0 Å². The van der Waals surface area contributed by atoms with Crippen LogP contribution in [0.5, 0.6) is 0 Å². The van der Waals surface area contributed by atoms with E-state index in [2.05, 4.69) is 164 Å². The van der Waals surface area contributed by atoms with Crippen LogP contribution in [-0.2, 0) is 5.41 Å². The van der Waals surface area contributed by atoms with Crippen LogP contribution in [0.1, 0.15) is 25.0 Å². The molecule has 4 heteroatoms. The van der Waals surface area contributed by atoms with Gasteiger partial charge < -0.3 is 13.7 Å². The van der Waals surface area contributed by atoms with Crippen LogP contribution in [0.25, 0.3) is 88.6 Å². The fourth-order valence-corrected chi connectivity index (χ4v) is 9.50. The summed E-state index contributed by atoms with van der Waals surface area (Å²) >= 11 is 0. The number of oxazole rings is 1. The van der Waals surface area contributed by atoms with E-state index in [4.69, 9.17) is 13.8 Å². The third-order valence-corrected chi connectivity index (χ3v) is 12.5. The van der Waals surface area contributed by atoms with Gasteiger partial charge in [0.15, 0.2) is 5.58 Å². The zero-order valence-corrected chi connectivity index (χ0v) is 33.2. The Bertz CT molecular complexity index is 3460. The molecular formula is C56H38N2O2. The summed E-state index contributed by atoms with van der Waals surface area (Å²) in [5.74, 6) is 0.583. The van der Waals surface area contributed by atoms with Gasteiger partial charge in [0.1, 0.15) is 16.7 Å². The first-order valence-corrected chi connectivity index (χ1v) is 20.5. The molecule has 0 N–H and O–H groups in total. The Morgan fingerprint density at radius 1 is 0.433 bits per heavy atom. The average molecular weight is 771 g/mol. The smallest absolute Gasteiger partial charge is 0.227 e. The second kappa shape index (κ2) is 13.2. The molecule has 1 aliphatic carbocycles. The van der Waals surface area contributed by atoms with Gasteiger partial charge in [-0.15, -0.1) is 0 Å². The summed E-state index contributed by atoms with van der Waals surface area (Å²) in [5, 5.41) is 4.54. The number of fused-ring (bicyclic) bond motifs is 8. The van der Waals surface area contributed by atoms with Crippen molar-refractivity contribution in [1.29, 1.82) is 0 Å². The minimum absolute atomic E-state index is 0.141. The molecule has 4 nitrogen and oxygen atoms in total. The Hall–Kier alpha value is -7.69. The van der Waals surface area contributed by atoms with E-state index in [1.54, 1.807) is 0 Å². The van der Waals surface area contributed by atoms with Crippen LogP contribution >= 0.6 is 0 Å². The third-order valence-electron chi connectivity index (χ3n) is 12.5. The molecule has 0 radical (unpaired) electrons. The first-order valence-electron chi connectivity index (χ1n) is 20.5. The van der Waals surface area contributed by atoms with Crippen molar-refractivity contribution in [2.45, 2.75) is 19.3 Å². The first-order chi connectivity index (χ1) is 29.5. The number of benzene rings is 9. The van der Waals surface area contributed by atoms with Gasteiger partial charge in [-0.2, -0.15) is 0 Å². The van der Waals surface area contributed by atoms with Crippen LogP contribution in [0, 0.1) is 0 Å². The summed E-state index contributed by atoms with van der Waals surface area (Å²) in [6.07, 6.45) is 0. The molecule has 12 rings (SSSR count). The average Bonchev–Trinajstić information content (AvgIpc) is 3.96. The SMILES string of the molecule is CC1(C)c2ccccc2-c2ccc(N(c3ccc(-c4c5nc(-c6ccccc6)oc5cc5oc6ccccc6c45)cc3)c3cccc(-c4ccc5ccccc5c4)c3)cc21. The normalized spacial score (nSPS) is 13.0. The highest BCUT2D eigenvalue weighted by molar-refractivity contribution is 6.19. The fourth-order valence-electron chi connectivity index (χ4n) is 9.50. The Morgan fingerprint density at radius 3 is 2.00 bits per heavy atom. The highest BCUT2D eigenvalue weighted by atomic mass is 16.4. The second-order valence-electron chi connectivity index (χ2n) is 16.3. The van der Waals surface area contributed by atoms with Gasteiger partial charge in [-0.25, -0.2) is 4.98 Å². The Kier molecular flexibility index (Phi) is 7.54. The van der Waals surface area contributed by atoms with Crippen molar-refractivity contribution in [2.75, 3.05) is 4.90 Å². The van der Waals surface area contributed by atoms with E-state index in [0.29, 0.717) is 11.5 Å². The molecule has 2 heterocycles. The first kappa shape index (κ1) is 34.4. The zero-order chi connectivity index (χ0) is 40.0. The Labute approximate surface area is 347 Å². The van der Waals surface area contributed by atoms with Gasteiger partial charge in [0, 0.05) is 50.4 Å². The summed E-state index contributed by atoms with van der Waals surface area (Å²) in [6, 6.07) is 69.2. The monoisotopic (exact) mass is 770 g/mol. The number of para-hydroxylation sites is 1. The number of anilines is 3. The van der Waals surface area contributed by atoms with Crippen molar-refractivity contribution < 1.29 is 8.83 Å². The number of nitrogens with zero attached hydrogens (tertiary/aromatic N) is 2. The summed E-state index contributed by atoms with van der Waals surface area (Å²) in [5.41, 5.74) is 16.8. The van der Waals surface area contributed by atoms with E-state index in [1.165, 1.54) is 38.6 Å². The lowest BCUT2D eigenvalue weighted by Gasteiger charge is -2.28. The fraction of sp³-hybridized carbons (Fsp3) is 0.0536. The van der Waals surface area contributed by atoms with E-state index in [0.717, 1.165) is 66.8 Å². The van der Waals surface area contributed by atoms with Crippen LogP contribution in [0.15, 0.2) is 203 Å². The van der Waals surface area contributed by atoms with E-state index in [9.17, 15) is 0 Å². The number of furan rings is 1. The van der Waals surface area contributed by atoms with Crippen LogP contribution in [0.3, 0.4) is 0 Å². The summed E-state index contributed by atoms with van der Waals surface area (Å²) < 4.78 is 12.9. The molecule has 11 aromatic rings. The van der Waals surface area contributed by atoms with Gasteiger partial charge in [-0.1, -0.05) is 141 Å². The van der Waals surface area contributed by atoms with Crippen molar-refractivity contribution in [3.05, 3.63) is 205 Å². The van der Waals surface area contributed by atoms with Crippen molar-refractivity contribution in [1.82, 2.24) is 4.98 Å². The minimum atomic E-state index is -0.141. The molecule has 1 aliphatic rings. The lowest BCUT2D eigenvalue weighted by Crippen LogP contribution is -2.16. The largest absolute Gasteiger partial charge is 0.456 e. The van der Waals surface area contributed by atoms with Gasteiger partial charge in [0.05, 0.1) is 0 Å². The molecule has 284 valence electrons. The van der Waals surface area contributed by atoms with Crippen LogP contribution < -0.4 is 4.90 Å². The lowest BCUT2D eigenvalue weighted by molar-refractivity contribution is 0.617. The number of hydrogen-bond donors (Lipinski definition) is 0. The highest BCUT2D eigenvalue weighted by Gasteiger charge is 2.36. The quantitative estimate of drug-likeness (QED) is 0.169. The molecule has 0 unspecified atom stereocenters. The highest BCUT2D eigenvalue weighted by Crippen LogP contribution is 2.51. The number of aromatic nitrogens is 1. The maximum atomic E-state index is 6.47. The van der Waals surface area contributed by atoms with Crippen molar-refractivity contribution in [3.8, 4) is 44.8 Å². The Balaban J connectivity index is 1.04. The lowest BCUT2D eigenvalue weighted by atomic mass is 9.82. The molecule has 0 amide bonds. The van der Waals surface area contributed by atoms with E-state index >= 15 is 0 Å². The van der Waals surface area contributed by atoms with Gasteiger partial charge in [0.2, 0.25) is 5.89 Å². The molecule has 0 bridgehead atoms. The van der Waals surface area contributed by atoms with Crippen LogP contribution in [0.2, 0.25) is 0 Å². The summed E-state index contributed by atoms with van der Waals surface area (Å²) in [7, 11) is 0. The van der Waals surface area contributed by atoms with E-state index in [1.807, 2.05) is 48.5 Å². The van der Waals surface area contributed by atoms with E-state index in [-0.39, 0.29) is 5.41 Å². The standard InChI is InChI=1S/C56H38N2O2/c1-56(2)47-21-10-8-19-44(47)45-30-29-43(33-48(45)56)58(42-18-12-17-39(32-42)40-24-23-35-13-6-7-16-38(35)31-40)41-27-25-36(26-28-41)52-53-46-20-9-11-22-49(46)59-50(53)34-51-54(52)57-55(60-51)37-14-4-3-5-15-37/h3-34H,1-2H3. The molecule has 0 saturated heterocycles. The predicted octanol–water partition coefficient (Wildman–Crippen LogP) is 15.7. The summed E-state index contributed by atoms with van der Waals surface area (Å²) in [4.78, 5) is 7.54. The molecule has 0 fully saturated rings. The predicted molar refractivity (Wildman–Crippen MR) is 247 cm³/mol. The molecule has 0 aliphatic heterocycles. The molecule has 2 aromatic heterocycles. The molecule has 9 aromatic carbocycles. The van der Waals surface area contributed by atoms with Crippen LogP contribution in [0.4, 0.5) is 17.1 Å². The summed E-state index contributed by atoms with van der Waals surface area (Å²) in [6.45, 7) is 4.68. The topological polar surface area (TPSA) is 42.4 Å². The zero-order valence-electron chi connectivity index (χ0n) is 33.2. The van der Waals surface area contributed by atoms with Crippen molar-refractivity contribution >= 4 is 60.9 Å². The molecule has 0 spiro atoms. The second-order valence-corrected chi connectivity index (χ2v) is 16.3. The number of hydrogen-bond acceptors (Lipinski definition) is 4. The van der Waals surface area contributed by atoms with Crippen molar-refractivity contribution in [2.24, 2.45) is 0 Å². The minimum Gasteiger partial charge on any atom is -0.456 e. The van der Waals surface area contributed by atoms with Gasteiger partial charge in [-0.05, 0) is 110 Å². The maximum Gasteiger partial charge on any atom is 0.227 e. The molecule has 60 heavy (non-hydrogen) atoms. The molecular weight excluding hydrogens is 733 g/mol. The van der Waals surface area contributed by atoms with Gasteiger partial charge in [-0.3, -0.25) is 0 Å². The molecule has 0 saturated carbocycles. The number of rotatable bonds is 6. The van der Waals surface area contributed by atoms with Crippen molar-refractivity contribution in [3.63, 3.8) is 0 Å². The Morgan fingerprint density at radius 2 is 1.12 bits per heavy atom. The van der Waals surface area contributed by atoms with Gasteiger partial charge in [0.25, 0.3) is 0 Å². The van der Waals surface area contributed by atoms with E-state index < -0.39 is 0 Å². The van der Waals surface area contributed by atoms with Crippen LogP contribution in [-0.4, -0.2) is 4.98 Å².